The zero-order chi connectivity index (χ0) is 15.6. The smallest absolute Gasteiger partial charge is 0.293 e. The first-order valence-corrected chi connectivity index (χ1v) is 7.34. The van der Waals surface area contributed by atoms with Crippen molar-refractivity contribution in [2.45, 2.75) is 4.90 Å². The molecule has 0 fully saturated rings. The van der Waals surface area contributed by atoms with E-state index in [1.807, 2.05) is 0 Å². The standard InChI is InChI=1S/C11H9ClN4O4S/c12-7-1-4-11(14-6-7)15-21(19,20)8-2-3-9(13)10(5-8)16(17)18/h1-6H,13H2,(H,14,15). The Balaban J connectivity index is 2.38. The SMILES string of the molecule is Nc1ccc(S(=O)(=O)Nc2ccc(Cl)cn2)cc1[N+](=O)[O-]. The zero-order valence-corrected chi connectivity index (χ0v) is 11.9. The Hall–Kier alpha value is -2.39. The summed E-state index contributed by atoms with van der Waals surface area (Å²) in [5.74, 6) is 0.0406. The van der Waals surface area contributed by atoms with Crippen molar-refractivity contribution >= 4 is 38.8 Å². The van der Waals surface area contributed by atoms with Crippen molar-refractivity contribution in [3.8, 4) is 0 Å². The van der Waals surface area contributed by atoms with E-state index in [0.717, 1.165) is 12.1 Å². The Kier molecular flexibility index (Phi) is 3.96. The number of nitro groups is 1. The molecule has 10 heteroatoms. The van der Waals surface area contributed by atoms with Gasteiger partial charge in [-0.1, -0.05) is 11.6 Å². The van der Waals surface area contributed by atoms with Crippen LogP contribution in [0.3, 0.4) is 0 Å². The summed E-state index contributed by atoms with van der Waals surface area (Å²) >= 11 is 5.64. The van der Waals surface area contributed by atoms with Gasteiger partial charge in [-0.25, -0.2) is 13.4 Å². The first-order valence-electron chi connectivity index (χ1n) is 5.48. The molecule has 1 aromatic carbocycles. The second kappa shape index (κ2) is 5.54. The van der Waals surface area contributed by atoms with Crippen molar-refractivity contribution in [2.24, 2.45) is 0 Å². The molecule has 3 N–H and O–H groups in total. The number of rotatable bonds is 4. The highest BCUT2D eigenvalue weighted by Crippen LogP contribution is 2.25. The molecule has 0 unspecified atom stereocenters. The molecule has 2 aromatic rings. The Morgan fingerprint density at radius 1 is 1.29 bits per heavy atom. The van der Waals surface area contributed by atoms with E-state index in [1.165, 1.54) is 24.4 Å². The Morgan fingerprint density at radius 3 is 2.57 bits per heavy atom. The van der Waals surface area contributed by atoms with Gasteiger partial charge in [0.2, 0.25) is 0 Å². The molecule has 110 valence electrons. The highest BCUT2D eigenvalue weighted by atomic mass is 35.5. The van der Waals surface area contributed by atoms with Crippen LogP contribution in [0.5, 0.6) is 0 Å². The van der Waals surface area contributed by atoms with E-state index in [0.29, 0.717) is 5.02 Å². The van der Waals surface area contributed by atoms with Crippen molar-refractivity contribution in [3.63, 3.8) is 0 Å². The van der Waals surface area contributed by atoms with Crippen LogP contribution in [0.15, 0.2) is 41.4 Å². The van der Waals surface area contributed by atoms with E-state index in [2.05, 4.69) is 9.71 Å². The van der Waals surface area contributed by atoms with Gasteiger partial charge in [0.15, 0.2) is 0 Å². The minimum Gasteiger partial charge on any atom is -0.393 e. The van der Waals surface area contributed by atoms with Crippen LogP contribution in [0.4, 0.5) is 17.2 Å². The highest BCUT2D eigenvalue weighted by molar-refractivity contribution is 7.92. The molecule has 0 atom stereocenters. The largest absolute Gasteiger partial charge is 0.393 e. The molecule has 8 nitrogen and oxygen atoms in total. The van der Waals surface area contributed by atoms with Crippen LogP contribution in [0.1, 0.15) is 0 Å². The van der Waals surface area contributed by atoms with E-state index in [4.69, 9.17) is 17.3 Å². The van der Waals surface area contributed by atoms with Crippen LogP contribution < -0.4 is 10.5 Å². The monoisotopic (exact) mass is 328 g/mol. The number of hydrogen-bond donors (Lipinski definition) is 2. The fraction of sp³-hybridized carbons (Fsp3) is 0. The lowest BCUT2D eigenvalue weighted by atomic mass is 10.3. The van der Waals surface area contributed by atoms with Gasteiger partial charge in [0.1, 0.15) is 11.5 Å². The zero-order valence-electron chi connectivity index (χ0n) is 10.4. The van der Waals surface area contributed by atoms with Gasteiger partial charge in [0, 0.05) is 12.3 Å². The molecule has 0 bridgehead atoms. The first-order chi connectivity index (χ1) is 9.79. The van der Waals surface area contributed by atoms with Gasteiger partial charge in [0.05, 0.1) is 14.8 Å². The number of nitrogens with one attached hydrogen (secondary N) is 1. The third-order valence-electron chi connectivity index (χ3n) is 2.48. The summed E-state index contributed by atoms with van der Waals surface area (Å²) < 4.78 is 26.4. The number of nitrogens with two attached hydrogens (primary N) is 1. The number of nitrogens with zero attached hydrogens (tertiary/aromatic N) is 2. The molecule has 0 amide bonds. The molecule has 2 rings (SSSR count). The van der Waals surface area contributed by atoms with Crippen LogP contribution in [0.25, 0.3) is 0 Å². The van der Waals surface area contributed by atoms with Gasteiger partial charge in [-0.3, -0.25) is 14.8 Å². The second-order valence-electron chi connectivity index (χ2n) is 3.94. The number of benzene rings is 1. The Morgan fingerprint density at radius 2 is 2.00 bits per heavy atom. The molecule has 0 saturated carbocycles. The molecule has 1 heterocycles. The predicted molar refractivity (Wildman–Crippen MR) is 77.6 cm³/mol. The van der Waals surface area contributed by atoms with E-state index in [-0.39, 0.29) is 16.4 Å². The quantitative estimate of drug-likeness (QED) is 0.502. The summed E-state index contributed by atoms with van der Waals surface area (Å²) in [7, 11) is -4.01. The lowest BCUT2D eigenvalue weighted by Gasteiger charge is -2.07. The molecule has 0 saturated heterocycles. The normalized spacial score (nSPS) is 11.1. The van der Waals surface area contributed by atoms with Gasteiger partial charge in [-0.05, 0) is 24.3 Å². The molecule has 0 aliphatic rings. The second-order valence-corrected chi connectivity index (χ2v) is 6.06. The van der Waals surface area contributed by atoms with Crippen molar-refractivity contribution < 1.29 is 13.3 Å². The molecule has 0 aliphatic carbocycles. The topological polar surface area (TPSA) is 128 Å². The molecule has 0 aliphatic heterocycles. The third kappa shape index (κ3) is 3.38. The summed E-state index contributed by atoms with van der Waals surface area (Å²) in [6.45, 7) is 0. The molecular formula is C11H9ClN4O4S. The maximum atomic E-state index is 12.1. The van der Waals surface area contributed by atoms with Gasteiger partial charge >= 0.3 is 0 Å². The number of halogens is 1. The predicted octanol–water partition coefficient (Wildman–Crippen LogP) is 2.03. The van der Waals surface area contributed by atoms with Gasteiger partial charge in [-0.15, -0.1) is 0 Å². The third-order valence-corrected chi connectivity index (χ3v) is 4.05. The maximum absolute atomic E-state index is 12.1. The van der Waals surface area contributed by atoms with Crippen molar-refractivity contribution in [2.75, 3.05) is 10.5 Å². The molecule has 21 heavy (non-hydrogen) atoms. The van der Waals surface area contributed by atoms with Gasteiger partial charge in [-0.2, -0.15) is 0 Å². The number of hydrogen-bond acceptors (Lipinski definition) is 6. The van der Waals surface area contributed by atoms with Crippen LogP contribution in [0, 0.1) is 10.1 Å². The summed E-state index contributed by atoms with van der Waals surface area (Å²) in [6.07, 6.45) is 1.27. The van der Waals surface area contributed by atoms with E-state index in [1.54, 1.807) is 0 Å². The van der Waals surface area contributed by atoms with Gasteiger partial charge in [0.25, 0.3) is 15.7 Å². The minimum absolute atomic E-state index is 0.0406. The average molecular weight is 329 g/mol. The average Bonchev–Trinajstić information content (AvgIpc) is 2.41. The summed E-state index contributed by atoms with van der Waals surface area (Å²) in [5.41, 5.74) is 4.81. The van der Waals surface area contributed by atoms with Gasteiger partial charge < -0.3 is 5.73 Å². The summed E-state index contributed by atoms with van der Waals surface area (Å²) in [5, 5.41) is 11.1. The van der Waals surface area contributed by atoms with Crippen LogP contribution in [-0.4, -0.2) is 18.3 Å². The van der Waals surface area contributed by atoms with Crippen molar-refractivity contribution in [1.82, 2.24) is 4.98 Å². The Labute approximate surface area is 124 Å². The van der Waals surface area contributed by atoms with Crippen molar-refractivity contribution in [1.29, 1.82) is 0 Å². The number of sulfonamides is 1. The number of aromatic nitrogens is 1. The molecule has 0 radical (unpaired) electrons. The van der Waals surface area contributed by atoms with E-state index >= 15 is 0 Å². The lowest BCUT2D eigenvalue weighted by Crippen LogP contribution is -2.14. The molecule has 1 aromatic heterocycles. The number of pyridine rings is 1. The van der Waals surface area contributed by atoms with Crippen LogP contribution >= 0.6 is 11.6 Å². The fourth-order valence-electron chi connectivity index (χ4n) is 1.48. The fourth-order valence-corrected chi connectivity index (χ4v) is 2.62. The minimum atomic E-state index is -4.01. The summed E-state index contributed by atoms with van der Waals surface area (Å²) in [6, 6.07) is 6.03. The van der Waals surface area contributed by atoms with Crippen LogP contribution in [-0.2, 0) is 10.0 Å². The van der Waals surface area contributed by atoms with E-state index < -0.39 is 20.6 Å². The number of nitrogen functional groups attached to an aromatic ring is 1. The van der Waals surface area contributed by atoms with Crippen LogP contribution in [0.2, 0.25) is 5.02 Å². The molecular weight excluding hydrogens is 320 g/mol. The lowest BCUT2D eigenvalue weighted by molar-refractivity contribution is -0.384. The maximum Gasteiger partial charge on any atom is 0.293 e. The van der Waals surface area contributed by atoms with E-state index in [9.17, 15) is 18.5 Å². The highest BCUT2D eigenvalue weighted by Gasteiger charge is 2.20. The summed E-state index contributed by atoms with van der Waals surface area (Å²) in [4.78, 5) is 13.5. The Bertz CT molecular complexity index is 792. The first kappa shape index (κ1) is 15.0. The molecule has 0 spiro atoms. The van der Waals surface area contributed by atoms with Crippen molar-refractivity contribution in [3.05, 3.63) is 51.7 Å². The number of anilines is 2. The number of nitro benzene ring substituents is 1.